The number of non-ortho nitro benzene ring substituents is 2. The number of benzene rings is 2. The summed E-state index contributed by atoms with van der Waals surface area (Å²) in [4.78, 5) is 22.8. The Morgan fingerprint density at radius 2 is 1.39 bits per heavy atom. The van der Waals surface area contributed by atoms with Crippen LogP contribution in [0.3, 0.4) is 0 Å². The Kier molecular flexibility index (Phi) is 3.92. The van der Waals surface area contributed by atoms with Gasteiger partial charge < -0.3 is 4.90 Å². The van der Waals surface area contributed by atoms with Crippen molar-refractivity contribution in [1.82, 2.24) is 0 Å². The summed E-state index contributed by atoms with van der Waals surface area (Å²) >= 11 is 0. The Balaban J connectivity index is 1.84. The van der Waals surface area contributed by atoms with Gasteiger partial charge >= 0.3 is 0 Å². The van der Waals surface area contributed by atoms with E-state index < -0.39 is 9.85 Å². The van der Waals surface area contributed by atoms with Gasteiger partial charge in [-0.3, -0.25) is 20.2 Å². The van der Waals surface area contributed by atoms with Crippen molar-refractivity contribution >= 4 is 17.1 Å². The number of rotatable bonds is 4. The molecule has 0 radical (unpaired) electrons. The highest BCUT2D eigenvalue weighted by Gasteiger charge is 2.26. The van der Waals surface area contributed by atoms with E-state index in [0.717, 1.165) is 30.6 Å². The fraction of sp³-hybridized carbons (Fsp3) is 0.250. The third-order valence-electron chi connectivity index (χ3n) is 4.13. The van der Waals surface area contributed by atoms with Crippen LogP contribution in [0, 0.1) is 20.2 Å². The van der Waals surface area contributed by atoms with Crippen LogP contribution >= 0.6 is 0 Å². The maximum atomic E-state index is 10.7. The Hall–Kier alpha value is -2.96. The molecule has 1 heterocycles. The normalized spacial score (nSPS) is 17.2. The molecule has 0 amide bonds. The second-order valence-corrected chi connectivity index (χ2v) is 5.47. The van der Waals surface area contributed by atoms with Crippen molar-refractivity contribution in [3.63, 3.8) is 0 Å². The van der Waals surface area contributed by atoms with Gasteiger partial charge in [0.1, 0.15) is 0 Å². The quantitative estimate of drug-likeness (QED) is 0.632. The van der Waals surface area contributed by atoms with Gasteiger partial charge in [-0.15, -0.1) is 0 Å². The van der Waals surface area contributed by atoms with Crippen LogP contribution in [-0.4, -0.2) is 16.4 Å². The minimum Gasteiger partial charge on any atom is -0.364 e. The Labute approximate surface area is 132 Å². The topological polar surface area (TPSA) is 89.5 Å². The van der Waals surface area contributed by atoms with Crippen LogP contribution < -0.4 is 4.90 Å². The van der Waals surface area contributed by atoms with Gasteiger partial charge in [-0.25, -0.2) is 0 Å². The highest BCUT2D eigenvalue weighted by atomic mass is 16.6. The molecule has 1 saturated heterocycles. The second kappa shape index (κ2) is 6.04. The van der Waals surface area contributed by atoms with E-state index in [0.29, 0.717) is 0 Å². The van der Waals surface area contributed by atoms with Gasteiger partial charge in [0, 0.05) is 36.5 Å². The third-order valence-corrected chi connectivity index (χ3v) is 4.13. The molecule has 118 valence electrons. The van der Waals surface area contributed by atoms with E-state index in [2.05, 4.69) is 4.90 Å². The van der Waals surface area contributed by atoms with Crippen molar-refractivity contribution in [2.75, 3.05) is 11.4 Å². The standard InChI is InChI=1S/C16H15N3O4/c20-18(21)14-5-3-12(4-6-14)16-2-1-11-17(16)13-7-9-15(10-8-13)19(22)23/h3-10,16H,1-2,11H2. The van der Waals surface area contributed by atoms with E-state index >= 15 is 0 Å². The van der Waals surface area contributed by atoms with Crippen LogP contribution in [0.5, 0.6) is 0 Å². The van der Waals surface area contributed by atoms with Crippen molar-refractivity contribution in [2.45, 2.75) is 18.9 Å². The molecular weight excluding hydrogens is 298 g/mol. The molecule has 0 spiro atoms. The Morgan fingerprint density at radius 3 is 1.91 bits per heavy atom. The fourth-order valence-electron chi connectivity index (χ4n) is 3.01. The summed E-state index contributed by atoms with van der Waals surface area (Å²) in [5.74, 6) is 0. The lowest BCUT2D eigenvalue weighted by Gasteiger charge is -2.27. The molecule has 1 atom stereocenters. The molecule has 1 fully saturated rings. The van der Waals surface area contributed by atoms with Crippen LogP contribution in [0.2, 0.25) is 0 Å². The molecule has 3 rings (SSSR count). The largest absolute Gasteiger partial charge is 0.364 e. The van der Waals surface area contributed by atoms with E-state index in [1.165, 1.54) is 24.3 Å². The first-order chi connectivity index (χ1) is 11.1. The number of nitro benzene ring substituents is 2. The number of hydrogen-bond acceptors (Lipinski definition) is 5. The maximum Gasteiger partial charge on any atom is 0.269 e. The van der Waals surface area contributed by atoms with Crippen molar-refractivity contribution in [2.24, 2.45) is 0 Å². The van der Waals surface area contributed by atoms with E-state index in [1.54, 1.807) is 24.3 Å². The predicted molar refractivity (Wildman–Crippen MR) is 85.5 cm³/mol. The number of nitrogens with zero attached hydrogens (tertiary/aromatic N) is 3. The molecule has 0 saturated carbocycles. The lowest BCUT2D eigenvalue weighted by atomic mass is 10.0. The van der Waals surface area contributed by atoms with Gasteiger partial charge in [0.05, 0.1) is 15.9 Å². The van der Waals surface area contributed by atoms with Gasteiger partial charge in [0.25, 0.3) is 11.4 Å². The van der Waals surface area contributed by atoms with Crippen molar-refractivity contribution in [3.8, 4) is 0 Å². The monoisotopic (exact) mass is 313 g/mol. The summed E-state index contributed by atoms with van der Waals surface area (Å²) in [6, 6.07) is 13.2. The SMILES string of the molecule is O=[N+]([O-])c1ccc(C2CCCN2c2ccc([N+](=O)[O-])cc2)cc1. The van der Waals surface area contributed by atoms with Crippen LogP contribution in [-0.2, 0) is 0 Å². The zero-order chi connectivity index (χ0) is 16.4. The fourth-order valence-corrected chi connectivity index (χ4v) is 3.01. The van der Waals surface area contributed by atoms with Crippen molar-refractivity contribution in [3.05, 3.63) is 74.3 Å². The number of anilines is 1. The smallest absolute Gasteiger partial charge is 0.269 e. The molecule has 2 aromatic carbocycles. The third kappa shape index (κ3) is 2.98. The molecule has 1 unspecified atom stereocenters. The molecule has 0 bridgehead atoms. The lowest BCUT2D eigenvalue weighted by molar-refractivity contribution is -0.385. The van der Waals surface area contributed by atoms with E-state index in [4.69, 9.17) is 0 Å². The highest BCUT2D eigenvalue weighted by molar-refractivity contribution is 5.54. The van der Waals surface area contributed by atoms with Gasteiger partial charge in [-0.1, -0.05) is 12.1 Å². The Bertz CT molecular complexity index is 664. The maximum absolute atomic E-state index is 10.7. The first-order valence-electron chi connectivity index (χ1n) is 7.32. The second-order valence-electron chi connectivity index (χ2n) is 5.47. The van der Waals surface area contributed by atoms with Gasteiger partial charge in [-0.2, -0.15) is 0 Å². The Morgan fingerprint density at radius 1 is 0.870 bits per heavy atom. The minimum atomic E-state index is -0.415. The van der Waals surface area contributed by atoms with Crippen molar-refractivity contribution < 1.29 is 9.85 Å². The molecule has 1 aliphatic heterocycles. The van der Waals surface area contributed by atoms with E-state index in [-0.39, 0.29) is 17.4 Å². The average molecular weight is 313 g/mol. The minimum absolute atomic E-state index is 0.0693. The summed E-state index contributed by atoms with van der Waals surface area (Å²) in [6.07, 6.45) is 1.97. The molecule has 7 nitrogen and oxygen atoms in total. The summed E-state index contributed by atoms with van der Waals surface area (Å²) in [7, 11) is 0. The van der Waals surface area contributed by atoms with Crippen LogP contribution in [0.25, 0.3) is 0 Å². The molecule has 2 aromatic rings. The van der Waals surface area contributed by atoms with Crippen LogP contribution in [0.4, 0.5) is 17.1 Å². The number of hydrogen-bond donors (Lipinski definition) is 0. The lowest BCUT2D eigenvalue weighted by Crippen LogP contribution is -2.22. The summed E-state index contributed by atoms with van der Waals surface area (Å²) in [5, 5.41) is 21.5. The zero-order valence-electron chi connectivity index (χ0n) is 12.3. The van der Waals surface area contributed by atoms with Crippen LogP contribution in [0.1, 0.15) is 24.4 Å². The molecule has 0 aromatic heterocycles. The first kappa shape index (κ1) is 15.0. The molecule has 0 aliphatic carbocycles. The molecule has 7 heteroatoms. The highest BCUT2D eigenvalue weighted by Crippen LogP contribution is 2.37. The molecule has 23 heavy (non-hydrogen) atoms. The van der Waals surface area contributed by atoms with E-state index in [1.807, 2.05) is 0 Å². The van der Waals surface area contributed by atoms with Crippen molar-refractivity contribution in [1.29, 1.82) is 0 Å². The summed E-state index contributed by atoms with van der Waals surface area (Å²) in [6.45, 7) is 0.861. The van der Waals surface area contributed by atoms with Gasteiger partial charge in [0.15, 0.2) is 0 Å². The summed E-state index contributed by atoms with van der Waals surface area (Å²) in [5.41, 5.74) is 2.09. The zero-order valence-corrected chi connectivity index (χ0v) is 12.3. The first-order valence-corrected chi connectivity index (χ1v) is 7.32. The molecular formula is C16H15N3O4. The average Bonchev–Trinajstić information content (AvgIpc) is 3.04. The molecule has 0 N–H and O–H groups in total. The molecule has 1 aliphatic rings. The van der Waals surface area contributed by atoms with Gasteiger partial charge in [-0.05, 0) is 30.5 Å². The van der Waals surface area contributed by atoms with Gasteiger partial charge in [0.2, 0.25) is 0 Å². The predicted octanol–water partition coefficient (Wildman–Crippen LogP) is 3.84. The number of nitro groups is 2. The van der Waals surface area contributed by atoms with E-state index in [9.17, 15) is 20.2 Å². The van der Waals surface area contributed by atoms with Crippen LogP contribution in [0.15, 0.2) is 48.5 Å². The summed E-state index contributed by atoms with van der Waals surface area (Å²) < 4.78 is 0.